The molecule has 2 saturated carbocycles. The van der Waals surface area contributed by atoms with Crippen LogP contribution in [0.3, 0.4) is 0 Å². The monoisotopic (exact) mass is 339 g/mol. The first kappa shape index (κ1) is 12.8. The molecule has 3 aliphatic carbocycles. The molecule has 19 heavy (non-hydrogen) atoms. The van der Waals surface area contributed by atoms with E-state index >= 15 is 0 Å². The zero-order chi connectivity index (χ0) is 12.8. The summed E-state index contributed by atoms with van der Waals surface area (Å²) in [6.45, 7) is 1.27. The van der Waals surface area contributed by atoms with Crippen LogP contribution in [0.5, 0.6) is 0 Å². The van der Waals surface area contributed by atoms with Crippen molar-refractivity contribution in [2.75, 3.05) is 6.54 Å². The van der Waals surface area contributed by atoms with E-state index in [-0.39, 0.29) is 0 Å². The van der Waals surface area contributed by atoms with Crippen molar-refractivity contribution >= 4 is 27.3 Å². The fraction of sp³-hybridized carbons (Fsp3) is 0.750. The maximum absolute atomic E-state index is 3.92. The lowest BCUT2D eigenvalue weighted by Gasteiger charge is -2.26. The zero-order valence-corrected chi connectivity index (χ0v) is 13.7. The Balaban J connectivity index is 1.42. The lowest BCUT2D eigenvalue weighted by atomic mass is 9.92. The highest BCUT2D eigenvalue weighted by atomic mass is 79.9. The van der Waals surface area contributed by atoms with Crippen LogP contribution in [0.4, 0.5) is 0 Å². The van der Waals surface area contributed by atoms with Crippen LogP contribution in [0.2, 0.25) is 0 Å². The van der Waals surface area contributed by atoms with Crippen LogP contribution in [-0.4, -0.2) is 6.54 Å². The van der Waals surface area contributed by atoms with Crippen LogP contribution in [0, 0.1) is 17.8 Å². The van der Waals surface area contributed by atoms with Crippen LogP contribution >= 0.6 is 27.3 Å². The summed E-state index contributed by atoms with van der Waals surface area (Å²) in [6, 6.07) is 2.99. The summed E-state index contributed by atoms with van der Waals surface area (Å²) >= 11 is 5.60. The van der Waals surface area contributed by atoms with Gasteiger partial charge >= 0.3 is 0 Å². The summed E-state index contributed by atoms with van der Waals surface area (Å²) in [7, 11) is 0. The van der Waals surface area contributed by atoms with E-state index in [2.05, 4.69) is 27.3 Å². The molecule has 1 heterocycles. The summed E-state index contributed by atoms with van der Waals surface area (Å²) in [5.41, 5.74) is 1.59. The van der Waals surface area contributed by atoms with E-state index in [0.717, 1.165) is 17.8 Å². The first-order chi connectivity index (χ1) is 9.31. The largest absolute Gasteiger partial charge is 0.310 e. The van der Waals surface area contributed by atoms with Gasteiger partial charge in [0.15, 0.2) is 0 Å². The molecule has 0 saturated heterocycles. The Labute approximate surface area is 128 Å². The summed E-state index contributed by atoms with van der Waals surface area (Å²) in [4.78, 5) is 1.62. The molecule has 4 rings (SSSR count). The van der Waals surface area contributed by atoms with Gasteiger partial charge in [0.05, 0.1) is 3.79 Å². The summed E-state index contributed by atoms with van der Waals surface area (Å²) in [5, 5.41) is 3.92. The smallest absolute Gasteiger partial charge is 0.0704 e. The minimum Gasteiger partial charge on any atom is -0.310 e. The molecule has 104 valence electrons. The first-order valence-electron chi connectivity index (χ1n) is 7.83. The average Bonchev–Trinajstić information content (AvgIpc) is 3.28. The fourth-order valence-electron chi connectivity index (χ4n) is 3.78. The van der Waals surface area contributed by atoms with Crippen molar-refractivity contribution in [3.05, 3.63) is 20.3 Å². The molecular weight excluding hydrogens is 318 g/mol. The molecule has 0 spiro atoms. The molecule has 1 aromatic heterocycles. The molecule has 1 nitrogen and oxygen atoms in total. The van der Waals surface area contributed by atoms with Crippen LogP contribution in [0.25, 0.3) is 0 Å². The van der Waals surface area contributed by atoms with Gasteiger partial charge in [-0.25, -0.2) is 0 Å². The topological polar surface area (TPSA) is 12.0 Å². The van der Waals surface area contributed by atoms with Gasteiger partial charge in [-0.3, -0.25) is 0 Å². The number of fused-ring (bicyclic) bond motifs is 1. The third kappa shape index (κ3) is 2.79. The van der Waals surface area contributed by atoms with E-state index in [9.17, 15) is 0 Å². The number of hydrogen-bond acceptors (Lipinski definition) is 2. The maximum atomic E-state index is 3.92. The van der Waals surface area contributed by atoms with E-state index in [1.54, 1.807) is 10.4 Å². The van der Waals surface area contributed by atoms with Gasteiger partial charge in [0.25, 0.3) is 0 Å². The van der Waals surface area contributed by atoms with Crippen LogP contribution in [0.1, 0.15) is 55.0 Å². The predicted octanol–water partition coefficient (Wildman–Crippen LogP) is 4.91. The lowest BCUT2D eigenvalue weighted by Crippen LogP contribution is -2.31. The van der Waals surface area contributed by atoms with Crippen molar-refractivity contribution in [2.45, 2.75) is 51.0 Å². The van der Waals surface area contributed by atoms with Gasteiger partial charge < -0.3 is 5.32 Å². The van der Waals surface area contributed by atoms with Gasteiger partial charge in [-0.2, -0.15) is 0 Å². The molecule has 1 atom stereocenters. The number of rotatable bonds is 5. The van der Waals surface area contributed by atoms with Crippen molar-refractivity contribution in [1.29, 1.82) is 0 Å². The van der Waals surface area contributed by atoms with Crippen molar-refractivity contribution in [3.8, 4) is 0 Å². The number of aryl methyl sites for hydroxylation is 1. The van der Waals surface area contributed by atoms with Crippen LogP contribution in [-0.2, 0) is 6.42 Å². The molecule has 1 N–H and O–H groups in total. The van der Waals surface area contributed by atoms with E-state index < -0.39 is 0 Å². The standard InChI is InChI=1S/C16H22BrNS/c17-16-8-12-14(2-1-3-15(12)19-16)18-9-13(10-4-5-10)11-6-7-11/h8,10-11,13-14,18H,1-7,9H2. The van der Waals surface area contributed by atoms with Crippen molar-refractivity contribution in [3.63, 3.8) is 0 Å². The second-order valence-corrected chi connectivity index (χ2v) is 9.14. The SMILES string of the molecule is Brc1cc2c(s1)CCCC2NCC(C1CC1)C1CC1. The normalized spacial score (nSPS) is 26.7. The first-order valence-corrected chi connectivity index (χ1v) is 9.43. The summed E-state index contributed by atoms with van der Waals surface area (Å²) in [5.74, 6) is 3.13. The Hall–Kier alpha value is 0.140. The Morgan fingerprint density at radius 1 is 1.21 bits per heavy atom. The molecule has 2 fully saturated rings. The Morgan fingerprint density at radius 2 is 1.95 bits per heavy atom. The molecule has 1 unspecified atom stereocenters. The van der Waals surface area contributed by atoms with Crippen molar-refractivity contribution < 1.29 is 0 Å². The van der Waals surface area contributed by atoms with Gasteiger partial charge in [0.1, 0.15) is 0 Å². The van der Waals surface area contributed by atoms with Gasteiger partial charge in [0, 0.05) is 10.9 Å². The third-order valence-corrected chi connectivity index (χ3v) is 6.85. The molecular formula is C16H22BrNS. The average molecular weight is 340 g/mol. The molecule has 3 aliphatic rings. The molecule has 0 aliphatic heterocycles. The minimum absolute atomic E-state index is 0.631. The molecule has 3 heteroatoms. The molecule has 1 aromatic rings. The van der Waals surface area contributed by atoms with Crippen LogP contribution < -0.4 is 5.32 Å². The van der Waals surface area contributed by atoms with E-state index in [1.807, 2.05) is 11.3 Å². The second kappa shape index (κ2) is 5.16. The van der Waals surface area contributed by atoms with Crippen molar-refractivity contribution in [1.82, 2.24) is 5.32 Å². The Bertz CT molecular complexity index is 449. The van der Waals surface area contributed by atoms with E-state index in [4.69, 9.17) is 0 Å². The number of halogens is 1. The second-order valence-electron chi connectivity index (χ2n) is 6.62. The number of thiophene rings is 1. The van der Waals surface area contributed by atoms with Gasteiger partial charge in [-0.15, -0.1) is 11.3 Å². The quantitative estimate of drug-likeness (QED) is 0.803. The zero-order valence-electron chi connectivity index (χ0n) is 11.3. The maximum Gasteiger partial charge on any atom is 0.0704 e. The van der Waals surface area contributed by atoms with Crippen molar-refractivity contribution in [2.24, 2.45) is 17.8 Å². The highest BCUT2D eigenvalue weighted by molar-refractivity contribution is 9.11. The lowest BCUT2D eigenvalue weighted by molar-refractivity contribution is 0.343. The molecule has 0 radical (unpaired) electrons. The predicted molar refractivity (Wildman–Crippen MR) is 84.6 cm³/mol. The molecule has 0 aromatic carbocycles. The Kier molecular flexibility index (Phi) is 3.49. The number of hydrogen-bond donors (Lipinski definition) is 1. The summed E-state index contributed by atoms with van der Waals surface area (Å²) in [6.07, 6.45) is 9.99. The van der Waals surface area contributed by atoms with Gasteiger partial charge in [-0.05, 0) is 96.8 Å². The van der Waals surface area contributed by atoms with E-state index in [1.165, 1.54) is 55.3 Å². The highest BCUT2D eigenvalue weighted by Crippen LogP contribution is 2.49. The molecule has 0 bridgehead atoms. The third-order valence-electron chi connectivity index (χ3n) is 5.14. The van der Waals surface area contributed by atoms with Gasteiger partial charge in [-0.1, -0.05) is 0 Å². The minimum atomic E-state index is 0.631. The van der Waals surface area contributed by atoms with E-state index in [0.29, 0.717) is 6.04 Å². The highest BCUT2D eigenvalue weighted by Gasteiger charge is 2.41. The number of nitrogens with one attached hydrogen (secondary N) is 1. The van der Waals surface area contributed by atoms with Crippen LogP contribution in [0.15, 0.2) is 9.85 Å². The van der Waals surface area contributed by atoms with Gasteiger partial charge in [0.2, 0.25) is 0 Å². The summed E-state index contributed by atoms with van der Waals surface area (Å²) < 4.78 is 1.31. The Morgan fingerprint density at radius 3 is 2.63 bits per heavy atom. The fourth-order valence-corrected chi connectivity index (χ4v) is 5.60. The molecule has 0 amide bonds.